The van der Waals surface area contributed by atoms with Gasteiger partial charge in [-0.25, -0.2) is 9.78 Å². The molecule has 1 aromatic heterocycles. The Morgan fingerprint density at radius 1 is 1.17 bits per heavy atom. The molecule has 2 rings (SSSR count). The fourth-order valence-electron chi connectivity index (χ4n) is 1.96. The van der Waals surface area contributed by atoms with Crippen LogP contribution in [0.25, 0.3) is 10.6 Å². The van der Waals surface area contributed by atoms with Crippen molar-refractivity contribution >= 4 is 23.2 Å². The molecule has 122 valence electrons. The minimum absolute atomic E-state index is 0.00141. The summed E-state index contributed by atoms with van der Waals surface area (Å²) in [7, 11) is 0. The van der Waals surface area contributed by atoms with E-state index in [1.165, 1.54) is 11.3 Å². The van der Waals surface area contributed by atoms with Gasteiger partial charge in [0, 0.05) is 11.6 Å². The molecule has 0 saturated heterocycles. The van der Waals surface area contributed by atoms with Crippen LogP contribution in [0.5, 0.6) is 0 Å². The lowest BCUT2D eigenvalue weighted by Gasteiger charge is -2.14. The second-order valence-electron chi connectivity index (χ2n) is 5.51. The zero-order chi connectivity index (χ0) is 17.0. The van der Waals surface area contributed by atoms with Gasteiger partial charge in [0.25, 0.3) is 5.91 Å². The predicted octanol–water partition coefficient (Wildman–Crippen LogP) is 3.19. The van der Waals surface area contributed by atoms with Gasteiger partial charge in [-0.05, 0) is 27.7 Å². The maximum absolute atomic E-state index is 12.3. The molecular formula is C17H20N2O3S. The van der Waals surface area contributed by atoms with E-state index in [0.29, 0.717) is 10.6 Å². The van der Waals surface area contributed by atoms with Gasteiger partial charge in [0.05, 0.1) is 5.69 Å². The summed E-state index contributed by atoms with van der Waals surface area (Å²) in [6, 6.07) is 9.63. The van der Waals surface area contributed by atoms with Gasteiger partial charge in [-0.1, -0.05) is 30.3 Å². The number of nitrogens with zero attached hydrogens (tertiary/aromatic N) is 1. The number of carbonyl (C=O) groups excluding carboxylic acids is 2. The summed E-state index contributed by atoms with van der Waals surface area (Å²) >= 11 is 1.27. The molecule has 0 saturated carbocycles. The van der Waals surface area contributed by atoms with E-state index in [1.807, 2.05) is 44.2 Å². The molecule has 23 heavy (non-hydrogen) atoms. The monoisotopic (exact) mass is 332 g/mol. The van der Waals surface area contributed by atoms with Crippen molar-refractivity contribution in [2.24, 2.45) is 0 Å². The first kappa shape index (κ1) is 17.1. The van der Waals surface area contributed by atoms with Gasteiger partial charge in [-0.15, -0.1) is 11.3 Å². The first-order chi connectivity index (χ1) is 10.9. The van der Waals surface area contributed by atoms with Crippen LogP contribution in [0, 0.1) is 6.92 Å². The fraction of sp³-hybridized carbons (Fsp3) is 0.353. The summed E-state index contributed by atoms with van der Waals surface area (Å²) in [6.07, 6.45) is -0.841. The minimum Gasteiger partial charge on any atom is -0.448 e. The molecule has 0 aliphatic heterocycles. The van der Waals surface area contributed by atoms with Crippen molar-refractivity contribution in [3.8, 4) is 10.6 Å². The Kier molecular flexibility index (Phi) is 5.50. The third-order valence-corrected chi connectivity index (χ3v) is 4.27. The summed E-state index contributed by atoms with van der Waals surface area (Å²) in [4.78, 5) is 29.0. The van der Waals surface area contributed by atoms with Crippen LogP contribution in [-0.2, 0) is 9.53 Å². The van der Waals surface area contributed by atoms with Crippen molar-refractivity contribution in [2.75, 3.05) is 0 Å². The maximum atomic E-state index is 12.3. The summed E-state index contributed by atoms with van der Waals surface area (Å²) < 4.78 is 5.25. The zero-order valence-electron chi connectivity index (χ0n) is 13.6. The van der Waals surface area contributed by atoms with Gasteiger partial charge in [0.1, 0.15) is 9.88 Å². The number of hydrogen-bond donors (Lipinski definition) is 1. The molecule has 0 fully saturated rings. The normalized spacial score (nSPS) is 12.0. The van der Waals surface area contributed by atoms with Crippen LogP contribution in [0.15, 0.2) is 30.3 Å². The first-order valence-corrected chi connectivity index (χ1v) is 8.24. The van der Waals surface area contributed by atoms with E-state index < -0.39 is 12.1 Å². The van der Waals surface area contributed by atoms with Crippen LogP contribution in [0.2, 0.25) is 0 Å². The van der Waals surface area contributed by atoms with E-state index in [1.54, 1.807) is 13.8 Å². The van der Waals surface area contributed by atoms with Gasteiger partial charge in [0.2, 0.25) is 0 Å². The van der Waals surface area contributed by atoms with Crippen molar-refractivity contribution in [3.05, 3.63) is 40.9 Å². The number of rotatable bonds is 5. The van der Waals surface area contributed by atoms with E-state index in [0.717, 1.165) is 10.6 Å². The number of aromatic nitrogens is 1. The second-order valence-corrected chi connectivity index (χ2v) is 6.51. The lowest BCUT2D eigenvalue weighted by atomic mass is 10.2. The quantitative estimate of drug-likeness (QED) is 0.854. The van der Waals surface area contributed by atoms with Gasteiger partial charge >= 0.3 is 5.97 Å². The van der Waals surface area contributed by atoms with Gasteiger partial charge in [-0.2, -0.15) is 0 Å². The lowest BCUT2D eigenvalue weighted by Crippen LogP contribution is -2.39. The standard InChI is InChI=1S/C17H20N2O3S/c1-10(2)18-15(20)12(4)22-17(21)14-11(3)19-16(23-14)13-8-6-5-7-9-13/h5-10,12H,1-4H3,(H,18,20)/t12-/m1/s1. The van der Waals surface area contributed by atoms with Gasteiger partial charge < -0.3 is 10.1 Å². The molecule has 1 aromatic carbocycles. The molecule has 0 aliphatic rings. The van der Waals surface area contributed by atoms with Gasteiger partial charge in [-0.3, -0.25) is 4.79 Å². The number of amides is 1. The Bertz CT molecular complexity index is 695. The van der Waals surface area contributed by atoms with Gasteiger partial charge in [0.15, 0.2) is 6.10 Å². The highest BCUT2D eigenvalue weighted by molar-refractivity contribution is 7.17. The molecule has 1 heterocycles. The Morgan fingerprint density at radius 2 is 1.83 bits per heavy atom. The SMILES string of the molecule is Cc1nc(-c2ccccc2)sc1C(=O)O[C@H](C)C(=O)NC(C)C. The van der Waals surface area contributed by atoms with Crippen molar-refractivity contribution < 1.29 is 14.3 Å². The first-order valence-electron chi connectivity index (χ1n) is 7.42. The summed E-state index contributed by atoms with van der Waals surface area (Å²) in [5.74, 6) is -0.826. The highest BCUT2D eigenvalue weighted by Crippen LogP contribution is 2.28. The van der Waals surface area contributed by atoms with Crippen molar-refractivity contribution in [1.29, 1.82) is 0 Å². The molecule has 0 unspecified atom stereocenters. The molecule has 0 spiro atoms. The van der Waals surface area contributed by atoms with Crippen LogP contribution in [0.3, 0.4) is 0 Å². The Hall–Kier alpha value is -2.21. The van der Waals surface area contributed by atoms with Crippen molar-refractivity contribution in [1.82, 2.24) is 10.3 Å². The molecular weight excluding hydrogens is 312 g/mol. The highest BCUT2D eigenvalue weighted by Gasteiger charge is 2.23. The largest absolute Gasteiger partial charge is 0.448 e. The molecule has 0 radical (unpaired) electrons. The number of thiazole rings is 1. The number of benzene rings is 1. The number of ether oxygens (including phenoxy) is 1. The van der Waals surface area contributed by atoms with Crippen LogP contribution < -0.4 is 5.32 Å². The van der Waals surface area contributed by atoms with E-state index in [4.69, 9.17) is 4.74 Å². The Labute approximate surface area is 139 Å². The number of nitrogens with one attached hydrogen (secondary N) is 1. The van der Waals surface area contributed by atoms with E-state index >= 15 is 0 Å². The molecule has 5 nitrogen and oxygen atoms in total. The molecule has 2 aromatic rings. The molecule has 1 atom stereocenters. The van der Waals surface area contributed by atoms with Crippen molar-refractivity contribution in [2.45, 2.75) is 39.8 Å². The highest BCUT2D eigenvalue weighted by atomic mass is 32.1. The van der Waals surface area contributed by atoms with Crippen LogP contribution in [0.4, 0.5) is 0 Å². The maximum Gasteiger partial charge on any atom is 0.351 e. The Balaban J connectivity index is 2.11. The number of aryl methyl sites for hydroxylation is 1. The summed E-state index contributed by atoms with van der Waals surface area (Å²) in [5.41, 5.74) is 1.56. The third-order valence-electron chi connectivity index (χ3n) is 3.09. The van der Waals surface area contributed by atoms with Crippen LogP contribution >= 0.6 is 11.3 Å². The predicted molar refractivity (Wildman–Crippen MR) is 90.4 cm³/mol. The van der Waals surface area contributed by atoms with E-state index in [-0.39, 0.29) is 11.9 Å². The zero-order valence-corrected chi connectivity index (χ0v) is 14.4. The van der Waals surface area contributed by atoms with E-state index in [2.05, 4.69) is 10.3 Å². The molecule has 0 bridgehead atoms. The fourth-order valence-corrected chi connectivity index (χ4v) is 2.91. The Morgan fingerprint density at radius 3 is 2.43 bits per heavy atom. The molecule has 0 aliphatic carbocycles. The topological polar surface area (TPSA) is 68.3 Å². The average molecular weight is 332 g/mol. The van der Waals surface area contributed by atoms with Crippen LogP contribution in [0.1, 0.15) is 36.1 Å². The number of carbonyl (C=O) groups is 2. The lowest BCUT2D eigenvalue weighted by molar-refractivity contribution is -0.129. The second kappa shape index (κ2) is 7.37. The third kappa shape index (κ3) is 4.39. The van der Waals surface area contributed by atoms with Crippen molar-refractivity contribution in [3.63, 3.8) is 0 Å². The smallest absolute Gasteiger partial charge is 0.351 e. The number of hydrogen-bond acceptors (Lipinski definition) is 5. The number of esters is 1. The summed E-state index contributed by atoms with van der Waals surface area (Å²) in [5, 5.41) is 3.48. The molecule has 1 amide bonds. The summed E-state index contributed by atoms with van der Waals surface area (Å²) in [6.45, 7) is 7.03. The molecule has 6 heteroatoms. The van der Waals surface area contributed by atoms with Crippen LogP contribution in [-0.4, -0.2) is 29.0 Å². The minimum atomic E-state index is -0.841. The molecule has 1 N–H and O–H groups in total. The van der Waals surface area contributed by atoms with E-state index in [9.17, 15) is 9.59 Å². The average Bonchev–Trinajstić information content (AvgIpc) is 2.89.